The maximum atomic E-state index is 2.42. The third-order valence-electron chi connectivity index (χ3n) is 11.1. The van der Waals surface area contributed by atoms with Crippen molar-refractivity contribution in [2.45, 2.75) is 138 Å². The highest BCUT2D eigenvalue weighted by Gasteiger charge is 2.40. The molecule has 188 valence electrons. The van der Waals surface area contributed by atoms with Crippen molar-refractivity contribution in [3.8, 4) is 0 Å². The summed E-state index contributed by atoms with van der Waals surface area (Å²) in [6, 6.07) is 0. The van der Waals surface area contributed by atoms with Crippen LogP contribution in [0.4, 0.5) is 0 Å². The number of hydrogen-bond acceptors (Lipinski definition) is 0. The predicted molar refractivity (Wildman–Crippen MR) is 149 cm³/mol. The summed E-state index contributed by atoms with van der Waals surface area (Å²) in [4.78, 5) is 0. The summed E-state index contributed by atoms with van der Waals surface area (Å²) in [5.41, 5.74) is 9.83. The first-order chi connectivity index (χ1) is 13.7. The summed E-state index contributed by atoms with van der Waals surface area (Å²) < 4.78 is 0. The molecule has 0 aliphatic rings. The number of rotatable bonds is 6. The minimum atomic E-state index is 0.0156. The van der Waals surface area contributed by atoms with Crippen LogP contribution in [0.2, 0.25) is 0 Å². The van der Waals surface area contributed by atoms with E-state index in [9.17, 15) is 0 Å². The van der Waals surface area contributed by atoms with E-state index >= 15 is 0 Å². The normalized spacial score (nSPS) is 17.6. The number of hydrogen-bond donors (Lipinski definition) is 0. The van der Waals surface area contributed by atoms with E-state index in [4.69, 9.17) is 0 Å². The van der Waals surface area contributed by atoms with Crippen molar-refractivity contribution in [3.05, 3.63) is 33.4 Å². The summed E-state index contributed by atoms with van der Waals surface area (Å²) >= 11 is 0. The first-order valence-electron chi connectivity index (χ1n) is 12.8. The average molecular weight is 445 g/mol. The van der Waals surface area contributed by atoms with Crippen molar-refractivity contribution in [2.75, 3.05) is 0 Å². The molecule has 0 heteroatoms. The van der Waals surface area contributed by atoms with Crippen LogP contribution >= 0.6 is 0 Å². The van der Waals surface area contributed by atoms with Gasteiger partial charge in [-0.3, -0.25) is 0 Å². The van der Waals surface area contributed by atoms with Gasteiger partial charge >= 0.3 is 0 Å². The van der Waals surface area contributed by atoms with E-state index < -0.39 is 0 Å². The van der Waals surface area contributed by atoms with E-state index in [-0.39, 0.29) is 32.5 Å². The molecule has 0 fully saturated rings. The molecule has 0 amide bonds. The molecule has 0 aromatic rings. The van der Waals surface area contributed by atoms with Crippen molar-refractivity contribution >= 4 is 0 Å². The molecule has 0 spiro atoms. The lowest BCUT2D eigenvalue weighted by Crippen LogP contribution is -2.34. The van der Waals surface area contributed by atoms with Crippen LogP contribution in [-0.2, 0) is 0 Å². The molecule has 0 heterocycles. The molecule has 0 aliphatic carbocycles. The van der Waals surface area contributed by atoms with Gasteiger partial charge in [0.05, 0.1) is 0 Å². The molecule has 0 aromatic carbocycles. The Bertz CT molecular complexity index is 716. The van der Waals surface area contributed by atoms with E-state index in [0.29, 0.717) is 0 Å². The monoisotopic (exact) mass is 444 g/mol. The molecule has 0 saturated carbocycles. The molecule has 0 bridgehead atoms. The van der Waals surface area contributed by atoms with Gasteiger partial charge < -0.3 is 0 Å². The standard InChI is InChI=1S/C32H60/c1-21(29(13,14)23(3)25(5)31(17,18)27(7,8)9)22(2)30(15,16)24(4)26(6)32(19,20)28(10,11)12/h1-20H3. The minimum absolute atomic E-state index is 0.0156. The fraction of sp³-hybridized carbons (Fsp3) is 0.812. The molecular weight excluding hydrogens is 384 g/mol. The van der Waals surface area contributed by atoms with Crippen LogP contribution in [0.5, 0.6) is 0 Å². The Morgan fingerprint density at radius 3 is 0.594 bits per heavy atom. The highest BCUT2D eigenvalue weighted by molar-refractivity contribution is 5.39. The van der Waals surface area contributed by atoms with Gasteiger partial charge in [-0.05, 0) is 63.2 Å². The zero-order valence-electron chi connectivity index (χ0n) is 26.0. The zero-order chi connectivity index (χ0) is 26.5. The minimum Gasteiger partial charge on any atom is -0.0674 e. The first kappa shape index (κ1) is 31.2. The van der Waals surface area contributed by atoms with Crippen LogP contribution in [0.25, 0.3) is 0 Å². The van der Waals surface area contributed by atoms with Crippen molar-refractivity contribution in [3.63, 3.8) is 0 Å². The molecule has 0 N–H and O–H groups in total. The molecule has 0 aliphatic heterocycles. The van der Waals surface area contributed by atoms with Crippen LogP contribution in [0.15, 0.2) is 33.4 Å². The molecule has 0 atom stereocenters. The van der Waals surface area contributed by atoms with Gasteiger partial charge in [-0.1, -0.05) is 130 Å². The van der Waals surface area contributed by atoms with E-state index in [0.717, 1.165) is 0 Å². The Labute approximate surface area is 204 Å². The quantitative estimate of drug-likeness (QED) is 0.357. The van der Waals surface area contributed by atoms with Crippen LogP contribution in [0, 0.1) is 32.5 Å². The molecule has 0 unspecified atom stereocenters. The third-order valence-corrected chi connectivity index (χ3v) is 11.1. The van der Waals surface area contributed by atoms with E-state index in [1.54, 1.807) is 0 Å². The molecule has 0 radical (unpaired) electrons. The second kappa shape index (κ2) is 9.11. The smallest absolute Gasteiger partial charge is 0.00641 e. The molecule has 0 aromatic heterocycles. The lowest BCUT2D eigenvalue weighted by molar-refractivity contribution is 0.173. The van der Waals surface area contributed by atoms with Gasteiger partial charge in [-0.25, -0.2) is 0 Å². The Morgan fingerprint density at radius 2 is 0.438 bits per heavy atom. The van der Waals surface area contributed by atoms with Gasteiger partial charge in [-0.15, -0.1) is 0 Å². The highest BCUT2D eigenvalue weighted by atomic mass is 14.5. The summed E-state index contributed by atoms with van der Waals surface area (Å²) in [5.74, 6) is 0. The van der Waals surface area contributed by atoms with Crippen LogP contribution in [0.3, 0.4) is 0 Å². The van der Waals surface area contributed by atoms with Crippen molar-refractivity contribution in [1.82, 2.24) is 0 Å². The van der Waals surface area contributed by atoms with Gasteiger partial charge in [0.2, 0.25) is 0 Å². The Kier molecular flexibility index (Phi) is 8.89. The maximum Gasteiger partial charge on any atom is 0.00641 e. The van der Waals surface area contributed by atoms with E-state index in [1.807, 2.05) is 0 Å². The first-order valence-corrected chi connectivity index (χ1v) is 12.8. The molecule has 32 heavy (non-hydrogen) atoms. The second-order valence-electron chi connectivity index (χ2n) is 14.8. The fourth-order valence-electron chi connectivity index (χ4n) is 4.50. The average Bonchev–Trinajstić information content (AvgIpc) is 2.61. The largest absolute Gasteiger partial charge is 0.0674 e. The SMILES string of the molecule is CC(=C(C)C(C)(C)C(C)=C(C)C(C)(C)C(C)(C)C)C(C)(C)C(C)=C(C)C(C)(C)C(C)(C)C. The fourth-order valence-corrected chi connectivity index (χ4v) is 4.50. The highest BCUT2D eigenvalue weighted by Crippen LogP contribution is 2.52. The van der Waals surface area contributed by atoms with Gasteiger partial charge in [0.1, 0.15) is 0 Å². The van der Waals surface area contributed by atoms with Crippen molar-refractivity contribution in [1.29, 1.82) is 0 Å². The van der Waals surface area contributed by atoms with Gasteiger partial charge in [0.25, 0.3) is 0 Å². The van der Waals surface area contributed by atoms with Crippen molar-refractivity contribution in [2.24, 2.45) is 32.5 Å². The molecular formula is C32H60. The summed E-state index contributed by atoms with van der Waals surface area (Å²) in [5, 5.41) is 0. The topological polar surface area (TPSA) is 0 Å². The summed E-state index contributed by atoms with van der Waals surface area (Å²) in [6.07, 6.45) is 0. The lowest BCUT2D eigenvalue weighted by atomic mass is 9.60. The predicted octanol–water partition coefficient (Wildman–Crippen LogP) is 11.2. The summed E-state index contributed by atoms with van der Waals surface area (Å²) in [6.45, 7) is 47.7. The molecule has 0 saturated heterocycles. The van der Waals surface area contributed by atoms with Crippen molar-refractivity contribution < 1.29 is 0 Å². The molecule has 0 nitrogen and oxygen atoms in total. The van der Waals surface area contributed by atoms with Crippen LogP contribution in [-0.4, -0.2) is 0 Å². The summed E-state index contributed by atoms with van der Waals surface area (Å²) in [7, 11) is 0. The maximum absolute atomic E-state index is 2.42. The van der Waals surface area contributed by atoms with Crippen LogP contribution in [0.1, 0.15) is 138 Å². The third kappa shape index (κ3) is 5.47. The van der Waals surface area contributed by atoms with Gasteiger partial charge in [-0.2, -0.15) is 0 Å². The van der Waals surface area contributed by atoms with E-state index in [1.165, 1.54) is 33.4 Å². The number of allylic oxidation sites excluding steroid dienone is 6. The van der Waals surface area contributed by atoms with E-state index in [2.05, 4.69) is 138 Å². The Hall–Kier alpha value is -0.780. The molecule has 0 rings (SSSR count). The van der Waals surface area contributed by atoms with Crippen LogP contribution < -0.4 is 0 Å². The van der Waals surface area contributed by atoms with Gasteiger partial charge in [0, 0.05) is 10.8 Å². The Morgan fingerprint density at radius 1 is 0.281 bits per heavy atom. The second-order valence-corrected chi connectivity index (χ2v) is 14.8. The zero-order valence-corrected chi connectivity index (χ0v) is 26.0. The van der Waals surface area contributed by atoms with Gasteiger partial charge in [0.15, 0.2) is 0 Å². The Balaban J connectivity index is 6.82. The lowest BCUT2D eigenvalue weighted by Gasteiger charge is -2.45.